The minimum Gasteiger partial charge on any atom is -0.462 e. The van der Waals surface area contributed by atoms with Crippen LogP contribution in [0, 0.1) is 0 Å². The molecular formula is C58H110O6. The largest absolute Gasteiger partial charge is 0.462 e. The van der Waals surface area contributed by atoms with E-state index in [0.29, 0.717) is 19.3 Å². The molecule has 0 amide bonds. The van der Waals surface area contributed by atoms with Crippen molar-refractivity contribution in [1.82, 2.24) is 0 Å². The molecule has 0 aromatic heterocycles. The molecule has 0 bridgehead atoms. The Hall–Kier alpha value is -1.85. The zero-order chi connectivity index (χ0) is 46.5. The SMILES string of the molecule is CCCCCCC/C=C\CCCCCCCC(=O)OC(COC(=O)CCCCCCCCCCCCCCCC)COC(=O)CCCCCCCCCCCCCCCCCCCC. The van der Waals surface area contributed by atoms with E-state index in [0.717, 1.165) is 64.2 Å². The second kappa shape index (κ2) is 53.8. The molecule has 0 spiro atoms. The first-order chi connectivity index (χ1) is 31.5. The molecule has 0 aliphatic heterocycles. The summed E-state index contributed by atoms with van der Waals surface area (Å²) in [6.45, 7) is 6.68. The molecule has 1 atom stereocenters. The van der Waals surface area contributed by atoms with Gasteiger partial charge in [0.15, 0.2) is 6.10 Å². The molecule has 64 heavy (non-hydrogen) atoms. The molecule has 0 N–H and O–H groups in total. The summed E-state index contributed by atoms with van der Waals surface area (Å²) in [7, 11) is 0. The predicted molar refractivity (Wildman–Crippen MR) is 275 cm³/mol. The number of hydrogen-bond acceptors (Lipinski definition) is 6. The third-order valence-corrected chi connectivity index (χ3v) is 13.0. The van der Waals surface area contributed by atoms with Gasteiger partial charge in [-0.2, -0.15) is 0 Å². The van der Waals surface area contributed by atoms with Crippen LogP contribution in [-0.2, 0) is 28.6 Å². The fourth-order valence-corrected chi connectivity index (χ4v) is 8.68. The smallest absolute Gasteiger partial charge is 0.306 e. The Morgan fingerprint density at radius 1 is 0.297 bits per heavy atom. The quantitative estimate of drug-likeness (QED) is 0.0262. The first kappa shape index (κ1) is 62.1. The van der Waals surface area contributed by atoms with Gasteiger partial charge in [-0.25, -0.2) is 0 Å². The summed E-state index contributed by atoms with van der Waals surface area (Å²) in [6, 6.07) is 0. The number of unbranched alkanes of at least 4 members (excludes halogenated alkanes) is 40. The highest BCUT2D eigenvalue weighted by atomic mass is 16.6. The Morgan fingerprint density at radius 2 is 0.516 bits per heavy atom. The maximum absolute atomic E-state index is 12.8. The van der Waals surface area contributed by atoms with Crippen LogP contribution in [0.5, 0.6) is 0 Å². The Labute approximate surface area is 399 Å². The summed E-state index contributed by atoms with van der Waals surface area (Å²) in [5.74, 6) is -0.852. The zero-order valence-corrected chi connectivity index (χ0v) is 43.3. The van der Waals surface area contributed by atoms with E-state index in [2.05, 4.69) is 32.9 Å². The maximum Gasteiger partial charge on any atom is 0.306 e. The first-order valence-electron chi connectivity index (χ1n) is 28.7. The van der Waals surface area contributed by atoms with Gasteiger partial charge in [-0.1, -0.05) is 270 Å². The third kappa shape index (κ3) is 51.1. The molecule has 6 nitrogen and oxygen atoms in total. The van der Waals surface area contributed by atoms with Crippen LogP contribution in [0.25, 0.3) is 0 Å². The van der Waals surface area contributed by atoms with Gasteiger partial charge in [-0.15, -0.1) is 0 Å². The van der Waals surface area contributed by atoms with Gasteiger partial charge < -0.3 is 14.2 Å². The maximum atomic E-state index is 12.8. The Bertz CT molecular complexity index is 993. The molecule has 0 aliphatic carbocycles. The third-order valence-electron chi connectivity index (χ3n) is 13.0. The van der Waals surface area contributed by atoms with Crippen LogP contribution in [0.1, 0.15) is 323 Å². The normalized spacial score (nSPS) is 12.0. The number of esters is 3. The predicted octanol–water partition coefficient (Wildman–Crippen LogP) is 18.9. The lowest BCUT2D eigenvalue weighted by atomic mass is 10.0. The summed E-state index contributed by atoms with van der Waals surface area (Å²) in [6.07, 6.45) is 60.5. The van der Waals surface area contributed by atoms with Crippen molar-refractivity contribution in [3.63, 3.8) is 0 Å². The molecule has 0 fully saturated rings. The van der Waals surface area contributed by atoms with Crippen molar-refractivity contribution in [3.05, 3.63) is 12.2 Å². The molecule has 0 saturated heterocycles. The lowest BCUT2D eigenvalue weighted by Gasteiger charge is -2.18. The Morgan fingerprint density at radius 3 is 0.781 bits per heavy atom. The van der Waals surface area contributed by atoms with Crippen LogP contribution in [-0.4, -0.2) is 37.2 Å². The molecule has 378 valence electrons. The number of carbonyl (C=O) groups excluding carboxylic acids is 3. The van der Waals surface area contributed by atoms with Gasteiger partial charge >= 0.3 is 17.9 Å². The van der Waals surface area contributed by atoms with Gasteiger partial charge in [0.25, 0.3) is 0 Å². The number of ether oxygens (including phenoxy) is 3. The van der Waals surface area contributed by atoms with Crippen molar-refractivity contribution >= 4 is 17.9 Å². The standard InChI is InChI=1S/C58H110O6/c1-4-7-10-13-16-19-22-25-28-29-30-31-34-36-39-42-45-48-51-57(60)63-54-55(64-58(61)52-49-46-43-40-37-33-27-24-21-18-15-12-9-6-3)53-62-56(59)50-47-44-41-38-35-32-26-23-20-17-14-11-8-5-2/h24,27,55H,4-23,25-26,28-54H2,1-3H3/b27-24-. The van der Waals surface area contributed by atoms with Crippen molar-refractivity contribution in [3.8, 4) is 0 Å². The average Bonchev–Trinajstić information content (AvgIpc) is 3.29. The Kier molecular flexibility index (Phi) is 52.2. The van der Waals surface area contributed by atoms with Crippen molar-refractivity contribution in [2.75, 3.05) is 13.2 Å². The molecule has 0 radical (unpaired) electrons. The molecule has 0 saturated carbocycles. The number of rotatable bonds is 53. The molecule has 0 aliphatic rings. The number of allylic oxidation sites excluding steroid dienone is 2. The average molecular weight is 904 g/mol. The molecule has 1 unspecified atom stereocenters. The van der Waals surface area contributed by atoms with Gasteiger partial charge in [0.2, 0.25) is 0 Å². The highest BCUT2D eigenvalue weighted by Gasteiger charge is 2.19. The van der Waals surface area contributed by atoms with E-state index in [9.17, 15) is 14.4 Å². The molecule has 0 rings (SSSR count). The van der Waals surface area contributed by atoms with Crippen LogP contribution in [0.15, 0.2) is 12.2 Å². The zero-order valence-electron chi connectivity index (χ0n) is 43.3. The van der Waals surface area contributed by atoms with E-state index < -0.39 is 6.10 Å². The molecule has 6 heteroatoms. The van der Waals surface area contributed by atoms with Gasteiger partial charge in [0.1, 0.15) is 13.2 Å². The van der Waals surface area contributed by atoms with Crippen molar-refractivity contribution < 1.29 is 28.6 Å². The lowest BCUT2D eigenvalue weighted by Crippen LogP contribution is -2.30. The van der Waals surface area contributed by atoms with Gasteiger partial charge in [-0.3, -0.25) is 14.4 Å². The lowest BCUT2D eigenvalue weighted by molar-refractivity contribution is -0.167. The van der Waals surface area contributed by atoms with Crippen LogP contribution in [0.3, 0.4) is 0 Å². The first-order valence-corrected chi connectivity index (χ1v) is 28.7. The molecule has 0 heterocycles. The summed E-state index contributed by atoms with van der Waals surface area (Å²) in [4.78, 5) is 38.1. The summed E-state index contributed by atoms with van der Waals surface area (Å²) < 4.78 is 16.9. The van der Waals surface area contributed by atoms with Crippen LogP contribution in [0.2, 0.25) is 0 Å². The van der Waals surface area contributed by atoms with E-state index in [1.807, 2.05) is 0 Å². The highest BCUT2D eigenvalue weighted by molar-refractivity contribution is 5.71. The van der Waals surface area contributed by atoms with E-state index in [1.54, 1.807) is 0 Å². The summed E-state index contributed by atoms with van der Waals surface area (Å²) in [5.41, 5.74) is 0. The highest BCUT2D eigenvalue weighted by Crippen LogP contribution is 2.17. The monoisotopic (exact) mass is 903 g/mol. The number of hydrogen-bond donors (Lipinski definition) is 0. The van der Waals surface area contributed by atoms with E-state index >= 15 is 0 Å². The second-order valence-corrected chi connectivity index (χ2v) is 19.6. The van der Waals surface area contributed by atoms with Crippen LogP contribution in [0.4, 0.5) is 0 Å². The fraction of sp³-hybridized carbons (Fsp3) is 0.914. The summed E-state index contributed by atoms with van der Waals surface area (Å²) >= 11 is 0. The topological polar surface area (TPSA) is 78.9 Å². The Balaban J connectivity index is 4.30. The minimum absolute atomic E-state index is 0.0674. The van der Waals surface area contributed by atoms with Crippen molar-refractivity contribution in [2.24, 2.45) is 0 Å². The summed E-state index contributed by atoms with van der Waals surface area (Å²) in [5, 5.41) is 0. The molecule has 0 aromatic carbocycles. The van der Waals surface area contributed by atoms with Gasteiger partial charge in [0.05, 0.1) is 0 Å². The fourth-order valence-electron chi connectivity index (χ4n) is 8.68. The molecular weight excluding hydrogens is 793 g/mol. The van der Waals surface area contributed by atoms with Gasteiger partial charge in [0, 0.05) is 19.3 Å². The van der Waals surface area contributed by atoms with Crippen molar-refractivity contribution in [1.29, 1.82) is 0 Å². The minimum atomic E-state index is -0.768. The second-order valence-electron chi connectivity index (χ2n) is 19.6. The van der Waals surface area contributed by atoms with E-state index in [-0.39, 0.29) is 31.1 Å². The van der Waals surface area contributed by atoms with Gasteiger partial charge in [-0.05, 0) is 44.9 Å². The van der Waals surface area contributed by atoms with Crippen LogP contribution < -0.4 is 0 Å². The molecule has 0 aromatic rings. The van der Waals surface area contributed by atoms with E-state index in [4.69, 9.17) is 14.2 Å². The number of carbonyl (C=O) groups is 3. The van der Waals surface area contributed by atoms with Crippen LogP contribution >= 0.6 is 0 Å². The van der Waals surface area contributed by atoms with Crippen molar-refractivity contribution in [2.45, 2.75) is 329 Å². The van der Waals surface area contributed by atoms with E-state index in [1.165, 1.54) is 218 Å².